The number of hydrogen-bond donors (Lipinski definition) is 2. The van der Waals surface area contributed by atoms with Crippen LogP contribution in [0.5, 0.6) is 5.75 Å². The van der Waals surface area contributed by atoms with Crippen LogP contribution in [0.15, 0.2) is 29.1 Å². The van der Waals surface area contributed by atoms with Crippen molar-refractivity contribution in [2.75, 3.05) is 6.61 Å². The number of hydrogen-bond acceptors (Lipinski definition) is 3. The molecule has 23 heavy (non-hydrogen) atoms. The molecule has 1 amide bonds. The number of pyridine rings is 1. The molecule has 0 aliphatic rings. The van der Waals surface area contributed by atoms with Crippen molar-refractivity contribution < 1.29 is 9.53 Å². The van der Waals surface area contributed by atoms with Gasteiger partial charge in [-0.1, -0.05) is 6.07 Å². The molecule has 2 aromatic rings. The van der Waals surface area contributed by atoms with Gasteiger partial charge in [0, 0.05) is 28.9 Å². The highest BCUT2D eigenvalue weighted by Crippen LogP contribution is 2.21. The Morgan fingerprint density at radius 1 is 1.26 bits per heavy atom. The van der Waals surface area contributed by atoms with Crippen molar-refractivity contribution in [1.29, 1.82) is 0 Å². The average molecular weight is 314 g/mol. The first-order valence-corrected chi connectivity index (χ1v) is 7.64. The van der Waals surface area contributed by atoms with Crippen LogP contribution in [-0.4, -0.2) is 17.5 Å². The number of carbonyl (C=O) groups excluding carboxylic acids is 1. The molecule has 0 aliphatic carbocycles. The zero-order valence-electron chi connectivity index (χ0n) is 13.9. The van der Waals surface area contributed by atoms with Gasteiger partial charge in [0.2, 0.25) is 0 Å². The van der Waals surface area contributed by atoms with Gasteiger partial charge >= 0.3 is 0 Å². The van der Waals surface area contributed by atoms with E-state index >= 15 is 0 Å². The Balaban J connectivity index is 2.18. The van der Waals surface area contributed by atoms with Crippen molar-refractivity contribution in [1.82, 2.24) is 10.3 Å². The summed E-state index contributed by atoms with van der Waals surface area (Å²) in [6, 6.07) is 7.27. The van der Waals surface area contributed by atoms with E-state index in [4.69, 9.17) is 4.74 Å². The minimum atomic E-state index is -0.219. The van der Waals surface area contributed by atoms with E-state index in [1.54, 1.807) is 12.1 Å². The van der Waals surface area contributed by atoms with E-state index in [0.29, 0.717) is 23.5 Å². The maximum absolute atomic E-state index is 12.4. The normalized spacial score (nSPS) is 10.4. The van der Waals surface area contributed by atoms with Gasteiger partial charge in [-0.25, -0.2) is 0 Å². The van der Waals surface area contributed by atoms with Crippen LogP contribution >= 0.6 is 0 Å². The van der Waals surface area contributed by atoms with Gasteiger partial charge in [0.1, 0.15) is 5.75 Å². The summed E-state index contributed by atoms with van der Waals surface area (Å²) in [5, 5.41) is 2.81. The van der Waals surface area contributed by atoms with E-state index in [0.717, 1.165) is 16.8 Å². The summed E-state index contributed by atoms with van der Waals surface area (Å²) >= 11 is 0. The van der Waals surface area contributed by atoms with Crippen LogP contribution in [0.2, 0.25) is 0 Å². The topological polar surface area (TPSA) is 71.2 Å². The molecule has 0 unspecified atom stereocenters. The van der Waals surface area contributed by atoms with Gasteiger partial charge in [-0.2, -0.15) is 0 Å². The minimum Gasteiger partial charge on any atom is -0.494 e. The number of aromatic nitrogens is 1. The van der Waals surface area contributed by atoms with Crippen LogP contribution in [0.25, 0.3) is 0 Å². The number of H-pyrrole nitrogens is 1. The fourth-order valence-corrected chi connectivity index (χ4v) is 2.54. The first-order chi connectivity index (χ1) is 10.9. The molecule has 0 radical (unpaired) electrons. The summed E-state index contributed by atoms with van der Waals surface area (Å²) in [4.78, 5) is 27.1. The average Bonchev–Trinajstić information content (AvgIpc) is 2.48. The summed E-state index contributed by atoms with van der Waals surface area (Å²) in [5.41, 5.74) is 3.43. The number of aryl methyl sites for hydroxylation is 2. The van der Waals surface area contributed by atoms with E-state index in [2.05, 4.69) is 10.3 Å². The van der Waals surface area contributed by atoms with E-state index in [9.17, 15) is 9.59 Å². The molecule has 122 valence electrons. The van der Waals surface area contributed by atoms with Gasteiger partial charge in [0.25, 0.3) is 11.5 Å². The van der Waals surface area contributed by atoms with Crippen molar-refractivity contribution in [3.8, 4) is 5.75 Å². The van der Waals surface area contributed by atoms with Gasteiger partial charge in [-0.05, 0) is 51.5 Å². The molecular weight excluding hydrogens is 292 g/mol. The molecule has 2 rings (SSSR count). The van der Waals surface area contributed by atoms with Gasteiger partial charge in [-0.3, -0.25) is 9.59 Å². The molecule has 0 atom stereocenters. The van der Waals surface area contributed by atoms with Gasteiger partial charge in [0.05, 0.1) is 6.61 Å². The number of amides is 1. The molecule has 0 bridgehead atoms. The smallest absolute Gasteiger partial charge is 0.253 e. The fraction of sp³-hybridized carbons (Fsp3) is 0.333. The van der Waals surface area contributed by atoms with E-state index in [-0.39, 0.29) is 18.0 Å². The third kappa shape index (κ3) is 3.80. The second-order valence-electron chi connectivity index (χ2n) is 5.49. The molecule has 1 aromatic carbocycles. The highest BCUT2D eigenvalue weighted by molar-refractivity contribution is 5.96. The first kappa shape index (κ1) is 16.8. The number of nitrogens with one attached hydrogen (secondary N) is 2. The van der Waals surface area contributed by atoms with Gasteiger partial charge < -0.3 is 15.0 Å². The molecule has 1 heterocycles. The Labute approximate surface area is 135 Å². The molecular formula is C18H22N2O3. The quantitative estimate of drug-likeness (QED) is 0.891. The largest absolute Gasteiger partial charge is 0.494 e. The number of aromatic amines is 1. The zero-order valence-corrected chi connectivity index (χ0v) is 13.9. The highest BCUT2D eigenvalue weighted by Gasteiger charge is 2.13. The molecule has 0 saturated carbocycles. The van der Waals surface area contributed by atoms with Crippen molar-refractivity contribution >= 4 is 5.91 Å². The predicted octanol–water partition coefficient (Wildman–Crippen LogP) is 2.63. The second-order valence-corrected chi connectivity index (χ2v) is 5.49. The van der Waals surface area contributed by atoms with Gasteiger partial charge in [0.15, 0.2) is 0 Å². The lowest BCUT2D eigenvalue weighted by atomic mass is 10.1. The SMILES string of the molecule is CCOc1cccc(C(=O)NCc2c(C)cc(C)[nH]c2=O)c1C. The Morgan fingerprint density at radius 2 is 2.00 bits per heavy atom. The van der Waals surface area contributed by atoms with Crippen LogP contribution in [0.1, 0.15) is 39.7 Å². The minimum absolute atomic E-state index is 0.164. The Kier molecular flexibility index (Phi) is 5.21. The van der Waals surface area contributed by atoms with Crippen molar-refractivity contribution in [3.05, 3.63) is 62.6 Å². The second kappa shape index (κ2) is 7.13. The van der Waals surface area contributed by atoms with Crippen LogP contribution in [-0.2, 0) is 6.54 Å². The Bertz CT molecular complexity index is 778. The molecule has 0 aliphatic heterocycles. The maximum atomic E-state index is 12.4. The summed E-state index contributed by atoms with van der Waals surface area (Å²) in [6.45, 7) is 8.19. The number of carbonyl (C=O) groups is 1. The monoisotopic (exact) mass is 314 g/mol. The van der Waals surface area contributed by atoms with Crippen LogP contribution in [0.3, 0.4) is 0 Å². The van der Waals surface area contributed by atoms with Gasteiger partial charge in [-0.15, -0.1) is 0 Å². The number of rotatable bonds is 5. The maximum Gasteiger partial charge on any atom is 0.253 e. The fourth-order valence-electron chi connectivity index (χ4n) is 2.54. The number of benzene rings is 1. The molecule has 2 N–H and O–H groups in total. The van der Waals surface area contributed by atoms with E-state index in [1.165, 1.54) is 0 Å². The van der Waals surface area contributed by atoms with Crippen molar-refractivity contribution in [2.24, 2.45) is 0 Å². The lowest BCUT2D eigenvalue weighted by Crippen LogP contribution is -2.28. The molecule has 5 heteroatoms. The standard InChI is InChI=1S/C18H22N2O3/c1-5-23-16-8-6-7-14(13(16)4)17(21)19-10-15-11(2)9-12(3)20-18(15)22/h6-9H,5,10H2,1-4H3,(H,19,21)(H,20,22). The Morgan fingerprint density at radius 3 is 2.65 bits per heavy atom. The first-order valence-electron chi connectivity index (χ1n) is 7.64. The molecule has 1 aromatic heterocycles. The van der Waals surface area contributed by atoms with Crippen LogP contribution in [0.4, 0.5) is 0 Å². The van der Waals surface area contributed by atoms with E-state index < -0.39 is 0 Å². The van der Waals surface area contributed by atoms with E-state index in [1.807, 2.05) is 39.8 Å². The van der Waals surface area contributed by atoms with Crippen molar-refractivity contribution in [2.45, 2.75) is 34.2 Å². The van der Waals surface area contributed by atoms with Crippen LogP contribution in [0, 0.1) is 20.8 Å². The highest BCUT2D eigenvalue weighted by atomic mass is 16.5. The van der Waals surface area contributed by atoms with Crippen molar-refractivity contribution in [3.63, 3.8) is 0 Å². The third-order valence-corrected chi connectivity index (χ3v) is 3.75. The molecule has 0 saturated heterocycles. The summed E-state index contributed by atoms with van der Waals surface area (Å²) < 4.78 is 5.51. The number of ether oxygens (including phenoxy) is 1. The summed E-state index contributed by atoms with van der Waals surface area (Å²) in [7, 11) is 0. The summed E-state index contributed by atoms with van der Waals surface area (Å²) in [6.07, 6.45) is 0. The predicted molar refractivity (Wildman–Crippen MR) is 90.1 cm³/mol. The molecule has 5 nitrogen and oxygen atoms in total. The third-order valence-electron chi connectivity index (χ3n) is 3.75. The zero-order chi connectivity index (χ0) is 17.0. The molecule has 0 spiro atoms. The lowest BCUT2D eigenvalue weighted by Gasteiger charge is -2.12. The Hall–Kier alpha value is -2.56. The molecule has 0 fully saturated rings. The summed E-state index contributed by atoms with van der Waals surface area (Å²) in [5.74, 6) is 0.480. The van der Waals surface area contributed by atoms with Crippen LogP contribution < -0.4 is 15.6 Å². The lowest BCUT2D eigenvalue weighted by molar-refractivity contribution is 0.0949.